The topological polar surface area (TPSA) is 72.7 Å². The Bertz CT molecular complexity index is 1000. The van der Waals surface area contributed by atoms with Crippen LogP contribution in [0.15, 0.2) is 40.5 Å². The van der Waals surface area contributed by atoms with Crippen molar-refractivity contribution < 1.29 is 4.79 Å². The molecule has 120 valence electrons. The van der Waals surface area contributed by atoms with Crippen LogP contribution in [0.2, 0.25) is 0 Å². The van der Waals surface area contributed by atoms with E-state index in [0.717, 1.165) is 22.4 Å². The Morgan fingerprint density at radius 3 is 2.88 bits per heavy atom. The fraction of sp³-hybridized carbons (Fsp3) is 0.125. The molecule has 0 aliphatic rings. The Morgan fingerprint density at radius 1 is 1.25 bits per heavy atom. The fourth-order valence-corrected chi connectivity index (χ4v) is 3.70. The maximum Gasteiger partial charge on any atom is 0.246 e. The predicted molar refractivity (Wildman–Crippen MR) is 96.3 cm³/mol. The van der Waals surface area contributed by atoms with Crippen LogP contribution < -0.4 is 5.32 Å². The lowest BCUT2D eigenvalue weighted by atomic mass is 10.3. The first-order valence-electron chi connectivity index (χ1n) is 7.26. The van der Waals surface area contributed by atoms with Gasteiger partial charge >= 0.3 is 0 Å². The van der Waals surface area contributed by atoms with Crippen LogP contribution in [0.25, 0.3) is 22.6 Å². The van der Waals surface area contributed by atoms with Gasteiger partial charge in [0.05, 0.1) is 22.2 Å². The van der Waals surface area contributed by atoms with Crippen molar-refractivity contribution in [1.29, 1.82) is 0 Å². The Labute approximate surface area is 145 Å². The Morgan fingerprint density at radius 2 is 2.12 bits per heavy atom. The van der Waals surface area contributed by atoms with Crippen molar-refractivity contribution in [3.8, 4) is 11.5 Å². The van der Waals surface area contributed by atoms with Gasteiger partial charge in [-0.1, -0.05) is 12.1 Å². The molecule has 3 heterocycles. The van der Waals surface area contributed by atoms with E-state index < -0.39 is 0 Å². The van der Waals surface area contributed by atoms with Crippen LogP contribution in [0, 0.1) is 6.92 Å². The third-order valence-electron chi connectivity index (χ3n) is 3.48. The van der Waals surface area contributed by atoms with Gasteiger partial charge in [-0.2, -0.15) is 0 Å². The van der Waals surface area contributed by atoms with Crippen LogP contribution in [-0.4, -0.2) is 25.4 Å². The van der Waals surface area contributed by atoms with E-state index in [1.807, 2.05) is 46.5 Å². The van der Waals surface area contributed by atoms with Gasteiger partial charge in [-0.05, 0) is 19.1 Å². The fourth-order valence-electron chi connectivity index (χ4n) is 2.47. The lowest BCUT2D eigenvalue weighted by Crippen LogP contribution is -2.19. The molecule has 0 radical (unpaired) electrons. The minimum Gasteiger partial charge on any atom is -0.313 e. The first kappa shape index (κ1) is 15.0. The molecule has 1 amide bonds. The molecule has 0 saturated heterocycles. The zero-order chi connectivity index (χ0) is 16.5. The van der Waals surface area contributed by atoms with Gasteiger partial charge in [0.25, 0.3) is 0 Å². The van der Waals surface area contributed by atoms with Crippen LogP contribution >= 0.6 is 22.7 Å². The van der Waals surface area contributed by atoms with Gasteiger partial charge in [-0.15, -0.1) is 22.7 Å². The molecule has 1 aromatic carbocycles. The van der Waals surface area contributed by atoms with Crippen LogP contribution in [0.3, 0.4) is 0 Å². The van der Waals surface area contributed by atoms with Gasteiger partial charge in [-0.3, -0.25) is 4.79 Å². The standard InChI is InChI=1S/C16H13N5OS2/c1-10-7-24-16(18-10)20-14(22)6-21-13-5-3-2-4-11(13)19-15(21)12-8-23-9-17-12/h2-5,7-9H,6H2,1H3,(H,18,20,22). The molecule has 0 bridgehead atoms. The van der Waals surface area contributed by atoms with Crippen molar-refractivity contribution in [3.63, 3.8) is 0 Å². The molecule has 0 saturated carbocycles. The molecule has 0 aliphatic heterocycles. The van der Waals surface area contributed by atoms with Crippen LogP contribution in [0.1, 0.15) is 5.69 Å². The Hall–Kier alpha value is -2.58. The minimum absolute atomic E-state index is 0.135. The highest BCUT2D eigenvalue weighted by atomic mass is 32.1. The predicted octanol–water partition coefficient (Wildman–Crippen LogP) is 3.56. The summed E-state index contributed by atoms with van der Waals surface area (Å²) < 4.78 is 1.89. The van der Waals surface area contributed by atoms with Crippen molar-refractivity contribution in [2.24, 2.45) is 0 Å². The SMILES string of the molecule is Cc1csc(NC(=O)Cn2c(-c3cscn3)nc3ccccc32)n1. The van der Waals surface area contributed by atoms with Crippen molar-refractivity contribution >= 4 is 44.7 Å². The van der Waals surface area contributed by atoms with Gasteiger partial charge in [0.2, 0.25) is 5.91 Å². The molecule has 0 unspecified atom stereocenters. The molecular formula is C16H13N5OS2. The number of aryl methyl sites for hydroxylation is 1. The number of anilines is 1. The summed E-state index contributed by atoms with van der Waals surface area (Å²) in [5, 5.41) is 7.28. The highest BCUT2D eigenvalue weighted by Gasteiger charge is 2.16. The van der Waals surface area contributed by atoms with Crippen LogP contribution in [0.4, 0.5) is 5.13 Å². The minimum atomic E-state index is -0.135. The molecule has 3 aromatic heterocycles. The van der Waals surface area contributed by atoms with E-state index in [1.165, 1.54) is 22.7 Å². The van der Waals surface area contributed by atoms with Gasteiger partial charge in [-0.25, -0.2) is 15.0 Å². The maximum atomic E-state index is 12.4. The number of imidazole rings is 1. The van der Waals surface area contributed by atoms with Crippen molar-refractivity contribution in [2.75, 3.05) is 5.32 Å². The molecule has 8 heteroatoms. The molecular weight excluding hydrogens is 342 g/mol. The highest BCUT2D eigenvalue weighted by molar-refractivity contribution is 7.13. The molecule has 0 spiro atoms. The number of rotatable bonds is 4. The number of amides is 1. The van der Waals surface area contributed by atoms with E-state index in [1.54, 1.807) is 5.51 Å². The highest BCUT2D eigenvalue weighted by Crippen LogP contribution is 2.25. The molecule has 4 rings (SSSR count). The molecule has 4 aromatic rings. The summed E-state index contributed by atoms with van der Waals surface area (Å²) in [7, 11) is 0. The van der Waals surface area contributed by atoms with Crippen molar-refractivity contribution in [1.82, 2.24) is 19.5 Å². The van der Waals surface area contributed by atoms with Crippen molar-refractivity contribution in [3.05, 3.63) is 46.2 Å². The summed E-state index contributed by atoms with van der Waals surface area (Å²) >= 11 is 2.92. The van der Waals surface area contributed by atoms with Gasteiger partial charge in [0, 0.05) is 10.8 Å². The number of para-hydroxylation sites is 2. The summed E-state index contributed by atoms with van der Waals surface area (Å²) in [6, 6.07) is 7.76. The summed E-state index contributed by atoms with van der Waals surface area (Å²) in [4.78, 5) is 25.7. The number of hydrogen-bond donors (Lipinski definition) is 1. The number of carbonyl (C=O) groups excluding carboxylic acids is 1. The summed E-state index contributed by atoms with van der Waals surface area (Å²) in [6.45, 7) is 2.06. The molecule has 24 heavy (non-hydrogen) atoms. The van der Waals surface area contributed by atoms with Crippen molar-refractivity contribution in [2.45, 2.75) is 13.5 Å². The molecule has 0 fully saturated rings. The number of thiazole rings is 2. The zero-order valence-corrected chi connectivity index (χ0v) is 14.4. The third kappa shape index (κ3) is 2.81. The largest absolute Gasteiger partial charge is 0.313 e. The first-order chi connectivity index (χ1) is 11.7. The number of carbonyl (C=O) groups is 1. The second kappa shape index (κ2) is 6.14. The third-order valence-corrected chi connectivity index (χ3v) is 4.95. The Balaban J connectivity index is 1.69. The van der Waals surface area contributed by atoms with Gasteiger partial charge < -0.3 is 9.88 Å². The molecule has 0 atom stereocenters. The van der Waals surface area contributed by atoms with Crippen LogP contribution in [-0.2, 0) is 11.3 Å². The Kier molecular flexibility index (Phi) is 3.83. The number of fused-ring (bicyclic) bond motifs is 1. The average molecular weight is 355 g/mol. The maximum absolute atomic E-state index is 12.4. The number of hydrogen-bond acceptors (Lipinski definition) is 6. The number of aromatic nitrogens is 4. The number of nitrogens with zero attached hydrogens (tertiary/aromatic N) is 4. The number of nitrogens with one attached hydrogen (secondary N) is 1. The van der Waals surface area contributed by atoms with Gasteiger partial charge in [0.15, 0.2) is 11.0 Å². The van der Waals surface area contributed by atoms with E-state index in [9.17, 15) is 4.79 Å². The quantitative estimate of drug-likeness (QED) is 0.607. The average Bonchev–Trinajstić information content (AvgIpc) is 3.28. The summed E-state index contributed by atoms with van der Waals surface area (Å²) in [6.07, 6.45) is 0. The lowest BCUT2D eigenvalue weighted by molar-refractivity contribution is -0.116. The number of benzene rings is 1. The van der Waals surface area contributed by atoms with Gasteiger partial charge in [0.1, 0.15) is 12.2 Å². The van der Waals surface area contributed by atoms with E-state index in [-0.39, 0.29) is 12.5 Å². The molecule has 1 N–H and O–H groups in total. The summed E-state index contributed by atoms with van der Waals surface area (Å²) in [5.41, 5.74) is 5.18. The van der Waals surface area contributed by atoms with Crippen LogP contribution in [0.5, 0.6) is 0 Å². The van der Waals surface area contributed by atoms with E-state index in [4.69, 9.17) is 0 Å². The normalized spacial score (nSPS) is 11.0. The second-order valence-electron chi connectivity index (χ2n) is 5.23. The molecule has 6 nitrogen and oxygen atoms in total. The summed E-state index contributed by atoms with van der Waals surface area (Å²) in [5.74, 6) is 0.562. The van der Waals surface area contributed by atoms with E-state index in [2.05, 4.69) is 20.3 Å². The monoisotopic (exact) mass is 355 g/mol. The van der Waals surface area contributed by atoms with E-state index in [0.29, 0.717) is 11.0 Å². The van der Waals surface area contributed by atoms with E-state index >= 15 is 0 Å². The smallest absolute Gasteiger partial charge is 0.246 e. The molecule has 0 aliphatic carbocycles. The zero-order valence-electron chi connectivity index (χ0n) is 12.8. The second-order valence-corrected chi connectivity index (χ2v) is 6.80. The first-order valence-corrected chi connectivity index (χ1v) is 9.09. The lowest BCUT2D eigenvalue weighted by Gasteiger charge is -2.07.